The molecule has 1 aromatic heterocycles. The second-order valence-electron chi connectivity index (χ2n) is 5.10. The second kappa shape index (κ2) is 5.85. The molecule has 0 aliphatic rings. The highest BCUT2D eigenvalue weighted by Crippen LogP contribution is 2.24. The Balaban J connectivity index is 2.02. The Hall–Kier alpha value is -2.88. The van der Waals surface area contributed by atoms with E-state index in [0.717, 1.165) is 5.56 Å². The van der Waals surface area contributed by atoms with Crippen molar-refractivity contribution < 1.29 is 5.11 Å². The second-order valence-corrected chi connectivity index (χ2v) is 5.10. The van der Waals surface area contributed by atoms with Crippen molar-refractivity contribution in [2.45, 2.75) is 6.54 Å². The molecule has 0 amide bonds. The summed E-state index contributed by atoms with van der Waals surface area (Å²) in [6.45, 7) is 0.469. The van der Waals surface area contributed by atoms with E-state index in [1.165, 1.54) is 10.8 Å². The Kier molecular flexibility index (Phi) is 3.74. The van der Waals surface area contributed by atoms with Crippen molar-refractivity contribution in [3.63, 3.8) is 0 Å². The van der Waals surface area contributed by atoms with Crippen molar-refractivity contribution in [1.29, 1.82) is 0 Å². The van der Waals surface area contributed by atoms with Gasteiger partial charge in [0.25, 0.3) is 5.56 Å². The van der Waals surface area contributed by atoms with Crippen molar-refractivity contribution >= 4 is 17.1 Å². The topological polar surface area (TPSA) is 54.6 Å². The average Bonchev–Trinajstić information content (AvgIpc) is 2.57. The molecule has 22 heavy (non-hydrogen) atoms. The lowest BCUT2D eigenvalue weighted by molar-refractivity contribution is 0.478. The van der Waals surface area contributed by atoms with Crippen LogP contribution in [0.1, 0.15) is 11.1 Å². The number of benzene rings is 2. The number of fused-ring (bicyclic) bond motifs is 1. The number of para-hydroxylation sites is 1. The summed E-state index contributed by atoms with van der Waals surface area (Å²) in [4.78, 5) is 16.6. The normalized spacial score (nSPS) is 11.3. The number of aryl methyl sites for hydroxylation is 1. The van der Waals surface area contributed by atoms with Gasteiger partial charge in [0.05, 0.1) is 12.1 Å². The van der Waals surface area contributed by atoms with Crippen LogP contribution in [0.25, 0.3) is 10.9 Å². The molecule has 0 atom stereocenters. The summed E-state index contributed by atoms with van der Waals surface area (Å²) >= 11 is 0. The van der Waals surface area contributed by atoms with E-state index >= 15 is 0 Å². The molecule has 0 aliphatic carbocycles. The van der Waals surface area contributed by atoms with E-state index in [0.29, 0.717) is 17.4 Å². The number of hydrogen-bond donors (Lipinski definition) is 1. The van der Waals surface area contributed by atoms with E-state index in [2.05, 4.69) is 4.99 Å². The van der Waals surface area contributed by atoms with Gasteiger partial charge in [-0.2, -0.15) is 0 Å². The third-order valence-corrected chi connectivity index (χ3v) is 3.65. The van der Waals surface area contributed by atoms with E-state index < -0.39 is 0 Å². The van der Waals surface area contributed by atoms with Crippen molar-refractivity contribution in [2.75, 3.05) is 0 Å². The largest absolute Gasteiger partial charge is 0.506 e. The number of aromatic nitrogens is 1. The van der Waals surface area contributed by atoms with Gasteiger partial charge in [-0.25, -0.2) is 0 Å². The van der Waals surface area contributed by atoms with Crippen LogP contribution in [0.2, 0.25) is 0 Å². The first-order valence-corrected chi connectivity index (χ1v) is 7.03. The van der Waals surface area contributed by atoms with Crippen LogP contribution in [-0.4, -0.2) is 15.9 Å². The lowest BCUT2D eigenvalue weighted by atomic mass is 10.1. The number of aliphatic imine (C=N–C) groups is 1. The first-order chi connectivity index (χ1) is 10.7. The van der Waals surface area contributed by atoms with Crippen LogP contribution in [-0.2, 0) is 13.6 Å². The Labute approximate surface area is 128 Å². The molecule has 1 N–H and O–H groups in total. The number of aromatic hydroxyl groups is 1. The van der Waals surface area contributed by atoms with Crippen LogP contribution >= 0.6 is 0 Å². The summed E-state index contributed by atoms with van der Waals surface area (Å²) in [6.07, 6.45) is 1.46. The smallest absolute Gasteiger partial charge is 0.263 e. The highest BCUT2D eigenvalue weighted by atomic mass is 16.3. The molecular formula is C18H16N2O2. The molecule has 0 fully saturated rings. The minimum absolute atomic E-state index is 0.0180. The van der Waals surface area contributed by atoms with Crippen LogP contribution in [0.4, 0.5) is 0 Å². The molecule has 3 aromatic rings. The van der Waals surface area contributed by atoms with Crippen LogP contribution < -0.4 is 5.56 Å². The van der Waals surface area contributed by atoms with Crippen molar-refractivity contribution in [1.82, 2.24) is 4.57 Å². The number of pyridine rings is 1. The maximum atomic E-state index is 12.4. The van der Waals surface area contributed by atoms with Crippen molar-refractivity contribution in [3.8, 4) is 5.75 Å². The van der Waals surface area contributed by atoms with E-state index in [4.69, 9.17) is 0 Å². The fourth-order valence-electron chi connectivity index (χ4n) is 2.44. The molecule has 4 heteroatoms. The number of rotatable bonds is 3. The molecule has 0 unspecified atom stereocenters. The highest BCUT2D eigenvalue weighted by molar-refractivity contribution is 5.94. The van der Waals surface area contributed by atoms with E-state index in [1.807, 2.05) is 42.5 Å². The van der Waals surface area contributed by atoms with Crippen LogP contribution in [0.5, 0.6) is 5.75 Å². The van der Waals surface area contributed by atoms with Gasteiger partial charge in [0.1, 0.15) is 11.3 Å². The van der Waals surface area contributed by atoms with Gasteiger partial charge in [-0.05, 0) is 17.7 Å². The Morgan fingerprint density at radius 3 is 2.55 bits per heavy atom. The minimum atomic E-state index is -0.256. The van der Waals surface area contributed by atoms with Gasteiger partial charge >= 0.3 is 0 Å². The summed E-state index contributed by atoms with van der Waals surface area (Å²) in [7, 11) is 1.69. The number of nitrogens with zero attached hydrogens (tertiary/aromatic N) is 2. The Morgan fingerprint density at radius 2 is 1.77 bits per heavy atom. The van der Waals surface area contributed by atoms with E-state index in [1.54, 1.807) is 19.2 Å². The third-order valence-electron chi connectivity index (χ3n) is 3.65. The number of hydrogen-bond acceptors (Lipinski definition) is 3. The molecule has 110 valence electrons. The fourth-order valence-corrected chi connectivity index (χ4v) is 2.44. The molecule has 0 bridgehead atoms. The summed E-state index contributed by atoms with van der Waals surface area (Å²) in [5.41, 5.74) is 1.71. The summed E-state index contributed by atoms with van der Waals surface area (Å²) in [5.74, 6) is -0.0180. The zero-order valence-electron chi connectivity index (χ0n) is 12.2. The van der Waals surface area contributed by atoms with Gasteiger partial charge in [-0.3, -0.25) is 9.79 Å². The van der Waals surface area contributed by atoms with Crippen molar-refractivity contribution in [3.05, 3.63) is 76.1 Å². The molecule has 0 radical (unpaired) electrons. The lowest BCUT2D eigenvalue weighted by Crippen LogP contribution is -2.21. The molecular weight excluding hydrogens is 276 g/mol. The van der Waals surface area contributed by atoms with Crippen LogP contribution in [0.3, 0.4) is 0 Å². The molecule has 0 spiro atoms. The minimum Gasteiger partial charge on any atom is -0.506 e. The predicted octanol–water partition coefficient (Wildman–Crippen LogP) is 2.86. The molecule has 0 saturated heterocycles. The standard InChI is InChI=1S/C18H16N2O2/c1-20-16-10-6-5-9-14(16)17(21)15(18(20)22)12-19-11-13-7-3-2-4-8-13/h2-10,12,21H,11H2,1H3. The van der Waals surface area contributed by atoms with Gasteiger partial charge in [-0.15, -0.1) is 0 Å². The molecule has 4 nitrogen and oxygen atoms in total. The molecule has 2 aromatic carbocycles. The van der Waals surface area contributed by atoms with E-state index in [-0.39, 0.29) is 16.9 Å². The van der Waals surface area contributed by atoms with Gasteiger partial charge in [0, 0.05) is 18.6 Å². The summed E-state index contributed by atoms with van der Waals surface area (Å²) in [6, 6.07) is 17.0. The Bertz CT molecular complexity index is 896. The monoisotopic (exact) mass is 292 g/mol. The SMILES string of the molecule is Cn1c(=O)c(C=NCc2ccccc2)c(O)c2ccccc21. The lowest BCUT2D eigenvalue weighted by Gasteiger charge is -2.09. The van der Waals surface area contributed by atoms with Gasteiger partial charge in [-0.1, -0.05) is 42.5 Å². The maximum Gasteiger partial charge on any atom is 0.263 e. The molecule has 0 aliphatic heterocycles. The Morgan fingerprint density at radius 1 is 1.09 bits per heavy atom. The third kappa shape index (κ3) is 2.51. The predicted molar refractivity (Wildman–Crippen MR) is 88.6 cm³/mol. The van der Waals surface area contributed by atoms with Crippen LogP contribution in [0.15, 0.2) is 64.4 Å². The van der Waals surface area contributed by atoms with Gasteiger partial charge in [0.15, 0.2) is 0 Å². The maximum absolute atomic E-state index is 12.4. The molecule has 1 heterocycles. The summed E-state index contributed by atoms with van der Waals surface area (Å²) in [5, 5.41) is 11.0. The zero-order chi connectivity index (χ0) is 15.5. The van der Waals surface area contributed by atoms with Crippen molar-refractivity contribution in [2.24, 2.45) is 12.0 Å². The molecule has 3 rings (SSSR count). The molecule has 0 saturated carbocycles. The first-order valence-electron chi connectivity index (χ1n) is 7.03. The quantitative estimate of drug-likeness (QED) is 0.755. The zero-order valence-corrected chi connectivity index (χ0v) is 12.2. The van der Waals surface area contributed by atoms with E-state index in [9.17, 15) is 9.90 Å². The average molecular weight is 292 g/mol. The van der Waals surface area contributed by atoms with Gasteiger partial charge < -0.3 is 9.67 Å². The first kappa shape index (κ1) is 14.1. The fraction of sp³-hybridized carbons (Fsp3) is 0.111. The van der Waals surface area contributed by atoms with Crippen LogP contribution in [0, 0.1) is 0 Å². The highest BCUT2D eigenvalue weighted by Gasteiger charge is 2.12. The summed E-state index contributed by atoms with van der Waals surface area (Å²) < 4.78 is 1.53. The van der Waals surface area contributed by atoms with Gasteiger partial charge in [0.2, 0.25) is 0 Å².